The average molecular weight is 330 g/mol. The van der Waals surface area contributed by atoms with Gasteiger partial charge in [-0.25, -0.2) is 9.07 Å². The molecule has 0 radical (unpaired) electrons. The second-order valence-electron chi connectivity index (χ2n) is 5.12. The first-order valence-electron chi connectivity index (χ1n) is 7.01. The first kappa shape index (κ1) is 15.4. The Balaban J connectivity index is 1.90. The summed E-state index contributed by atoms with van der Waals surface area (Å²) in [7, 11) is 0. The fourth-order valence-corrected chi connectivity index (χ4v) is 2.57. The summed E-state index contributed by atoms with van der Waals surface area (Å²) in [4.78, 5) is 12.4. The molecule has 4 nitrogen and oxygen atoms in total. The number of aromatic nitrogens is 3. The van der Waals surface area contributed by atoms with E-state index in [4.69, 9.17) is 11.6 Å². The second kappa shape index (κ2) is 6.30. The maximum Gasteiger partial charge on any atom is 0.189 e. The third-order valence-electron chi connectivity index (χ3n) is 3.49. The van der Waals surface area contributed by atoms with Gasteiger partial charge in [0.05, 0.1) is 5.69 Å². The van der Waals surface area contributed by atoms with Crippen molar-refractivity contribution in [2.24, 2.45) is 0 Å². The first-order chi connectivity index (χ1) is 11.1. The van der Waals surface area contributed by atoms with Crippen molar-refractivity contribution in [3.05, 3.63) is 76.3 Å². The van der Waals surface area contributed by atoms with Crippen LogP contribution in [-0.4, -0.2) is 20.8 Å². The van der Waals surface area contributed by atoms with E-state index in [-0.39, 0.29) is 23.6 Å². The Bertz CT molecular complexity index is 876. The van der Waals surface area contributed by atoms with E-state index in [0.717, 1.165) is 5.56 Å². The highest BCUT2D eigenvalue weighted by Crippen LogP contribution is 2.18. The Morgan fingerprint density at radius 2 is 2.00 bits per heavy atom. The number of para-hydroxylation sites is 1. The molecule has 0 aliphatic carbocycles. The zero-order chi connectivity index (χ0) is 16.4. The van der Waals surface area contributed by atoms with E-state index in [1.54, 1.807) is 43.3 Å². The molecule has 0 aliphatic rings. The highest BCUT2D eigenvalue weighted by atomic mass is 35.5. The molecule has 2 aromatic carbocycles. The van der Waals surface area contributed by atoms with Crippen LogP contribution < -0.4 is 0 Å². The highest BCUT2D eigenvalue weighted by molar-refractivity contribution is 6.30. The van der Waals surface area contributed by atoms with Gasteiger partial charge in [0.15, 0.2) is 11.5 Å². The van der Waals surface area contributed by atoms with Crippen molar-refractivity contribution in [2.45, 2.75) is 13.3 Å². The molecule has 0 bridgehead atoms. The molecule has 3 rings (SSSR count). The largest absolute Gasteiger partial charge is 0.292 e. The van der Waals surface area contributed by atoms with E-state index in [2.05, 4.69) is 10.3 Å². The predicted octanol–water partition coefficient (Wildman–Crippen LogP) is 3.79. The van der Waals surface area contributed by atoms with Crippen molar-refractivity contribution in [1.82, 2.24) is 15.0 Å². The number of carbonyl (C=O) groups excluding carboxylic acids is 1. The first-order valence-corrected chi connectivity index (χ1v) is 7.39. The second-order valence-corrected chi connectivity index (χ2v) is 5.55. The summed E-state index contributed by atoms with van der Waals surface area (Å²) in [5.41, 5.74) is 1.79. The van der Waals surface area contributed by atoms with E-state index in [1.165, 1.54) is 10.7 Å². The van der Waals surface area contributed by atoms with Crippen LogP contribution in [0.2, 0.25) is 5.02 Å². The van der Waals surface area contributed by atoms with Crippen LogP contribution in [0, 0.1) is 12.7 Å². The highest BCUT2D eigenvalue weighted by Gasteiger charge is 2.19. The lowest BCUT2D eigenvalue weighted by Crippen LogP contribution is -2.07. The molecule has 3 aromatic rings. The summed E-state index contributed by atoms with van der Waals surface area (Å²) in [5.74, 6) is -0.610. The SMILES string of the molecule is Cc1c(C(=O)Cc2cccc(Cl)c2)nnn1-c1ccccc1F. The number of nitrogens with zero attached hydrogens (tertiary/aromatic N) is 3. The van der Waals surface area contributed by atoms with Crippen LogP contribution in [0.15, 0.2) is 48.5 Å². The molecule has 1 aromatic heterocycles. The van der Waals surface area contributed by atoms with Gasteiger partial charge in [-0.2, -0.15) is 0 Å². The Labute approximate surface area is 137 Å². The van der Waals surface area contributed by atoms with Crippen LogP contribution in [0.3, 0.4) is 0 Å². The van der Waals surface area contributed by atoms with Gasteiger partial charge in [0, 0.05) is 11.4 Å². The molecular formula is C17H13ClFN3O. The van der Waals surface area contributed by atoms with Crippen LogP contribution >= 0.6 is 11.6 Å². The summed E-state index contributed by atoms with van der Waals surface area (Å²) in [6, 6.07) is 13.3. The lowest BCUT2D eigenvalue weighted by Gasteiger charge is -2.04. The summed E-state index contributed by atoms with van der Waals surface area (Å²) in [5, 5.41) is 8.39. The Morgan fingerprint density at radius 3 is 2.74 bits per heavy atom. The van der Waals surface area contributed by atoms with Gasteiger partial charge >= 0.3 is 0 Å². The molecule has 116 valence electrons. The normalized spacial score (nSPS) is 10.7. The third-order valence-corrected chi connectivity index (χ3v) is 3.73. The van der Waals surface area contributed by atoms with E-state index >= 15 is 0 Å². The van der Waals surface area contributed by atoms with Crippen LogP contribution in [-0.2, 0) is 6.42 Å². The van der Waals surface area contributed by atoms with Gasteiger partial charge in [-0.15, -0.1) is 5.10 Å². The van der Waals surface area contributed by atoms with Gasteiger partial charge in [0.1, 0.15) is 11.5 Å². The molecule has 0 amide bonds. The van der Waals surface area contributed by atoms with E-state index in [9.17, 15) is 9.18 Å². The third kappa shape index (κ3) is 3.14. The quantitative estimate of drug-likeness (QED) is 0.684. The molecule has 0 unspecified atom stereocenters. The minimum atomic E-state index is -0.422. The van der Waals surface area contributed by atoms with Gasteiger partial charge in [-0.3, -0.25) is 4.79 Å². The molecular weight excluding hydrogens is 317 g/mol. The van der Waals surface area contributed by atoms with Crippen molar-refractivity contribution < 1.29 is 9.18 Å². The molecule has 0 fully saturated rings. The molecule has 0 aliphatic heterocycles. The number of Topliss-reactive ketones (excluding diaryl/α,β-unsaturated/α-hetero) is 1. The van der Waals surface area contributed by atoms with Crippen LogP contribution in [0.5, 0.6) is 0 Å². The fraction of sp³-hybridized carbons (Fsp3) is 0.118. The summed E-state index contributed by atoms with van der Waals surface area (Å²) < 4.78 is 15.2. The number of ketones is 1. The number of benzene rings is 2. The van der Waals surface area contributed by atoms with Crippen molar-refractivity contribution >= 4 is 17.4 Å². The summed E-state index contributed by atoms with van der Waals surface area (Å²) in [6.07, 6.45) is 0.164. The summed E-state index contributed by atoms with van der Waals surface area (Å²) in [6.45, 7) is 1.69. The van der Waals surface area contributed by atoms with Gasteiger partial charge in [0.25, 0.3) is 0 Å². The maximum atomic E-state index is 13.9. The van der Waals surface area contributed by atoms with E-state index in [1.807, 2.05) is 6.07 Å². The standard InChI is InChI=1S/C17H13ClFN3O/c1-11-17(16(23)10-12-5-4-6-13(18)9-12)20-21-22(11)15-8-3-2-7-14(15)19/h2-9H,10H2,1H3. The number of hydrogen-bond acceptors (Lipinski definition) is 3. The number of hydrogen-bond donors (Lipinski definition) is 0. The van der Waals surface area contributed by atoms with Gasteiger partial charge < -0.3 is 0 Å². The summed E-state index contributed by atoms with van der Waals surface area (Å²) >= 11 is 5.92. The number of carbonyl (C=O) groups is 1. The van der Waals surface area contributed by atoms with Gasteiger partial charge in [-0.1, -0.05) is 41.1 Å². The Kier molecular flexibility index (Phi) is 4.21. The minimum absolute atomic E-state index is 0.164. The van der Waals surface area contributed by atoms with Crippen molar-refractivity contribution in [3.63, 3.8) is 0 Å². The van der Waals surface area contributed by atoms with E-state index < -0.39 is 5.82 Å². The van der Waals surface area contributed by atoms with Crippen molar-refractivity contribution in [3.8, 4) is 5.69 Å². The molecule has 0 spiro atoms. The topological polar surface area (TPSA) is 47.8 Å². The Morgan fingerprint density at radius 1 is 1.22 bits per heavy atom. The minimum Gasteiger partial charge on any atom is -0.292 e. The monoisotopic (exact) mass is 329 g/mol. The lowest BCUT2D eigenvalue weighted by molar-refractivity contribution is 0.0987. The number of halogens is 2. The van der Waals surface area contributed by atoms with Crippen LogP contribution in [0.25, 0.3) is 5.69 Å². The van der Waals surface area contributed by atoms with Crippen LogP contribution in [0.4, 0.5) is 4.39 Å². The van der Waals surface area contributed by atoms with Crippen molar-refractivity contribution in [2.75, 3.05) is 0 Å². The molecule has 0 saturated heterocycles. The molecule has 23 heavy (non-hydrogen) atoms. The van der Waals surface area contributed by atoms with Gasteiger partial charge in [0.2, 0.25) is 0 Å². The molecule has 0 N–H and O–H groups in total. The Hall–Kier alpha value is -2.53. The zero-order valence-electron chi connectivity index (χ0n) is 12.3. The number of rotatable bonds is 4. The van der Waals surface area contributed by atoms with Gasteiger partial charge in [-0.05, 0) is 36.8 Å². The smallest absolute Gasteiger partial charge is 0.189 e. The molecule has 0 saturated carbocycles. The average Bonchev–Trinajstić information content (AvgIpc) is 2.89. The van der Waals surface area contributed by atoms with Crippen molar-refractivity contribution in [1.29, 1.82) is 0 Å². The molecule has 6 heteroatoms. The zero-order valence-corrected chi connectivity index (χ0v) is 13.1. The van der Waals surface area contributed by atoms with Crippen LogP contribution in [0.1, 0.15) is 21.7 Å². The van der Waals surface area contributed by atoms with E-state index in [0.29, 0.717) is 10.7 Å². The maximum absolute atomic E-state index is 13.9. The molecule has 1 heterocycles. The molecule has 0 atom stereocenters. The lowest BCUT2D eigenvalue weighted by atomic mass is 10.1. The predicted molar refractivity (Wildman–Crippen MR) is 85.5 cm³/mol. The fourth-order valence-electron chi connectivity index (χ4n) is 2.36.